The zero-order valence-electron chi connectivity index (χ0n) is 19.5. The monoisotopic (exact) mass is 632 g/mol. The molecule has 0 spiro atoms. The van der Waals surface area contributed by atoms with Gasteiger partial charge in [0.25, 0.3) is 0 Å². The first kappa shape index (κ1) is 51.8. The smallest absolute Gasteiger partial charge is 0 e. The number of carbonyl (C=O) groups is 2. The summed E-state index contributed by atoms with van der Waals surface area (Å²) < 4.78 is 60.9. The van der Waals surface area contributed by atoms with E-state index in [1.807, 2.05) is 30.3 Å². The molecule has 1 aliphatic rings. The van der Waals surface area contributed by atoms with Crippen LogP contribution in [0, 0.1) is 51.1 Å². The minimum Gasteiger partial charge on any atom is 0 e. The Morgan fingerprint density at radius 2 is 1.32 bits per heavy atom. The molecular formula is C24H18Co2O11S. The van der Waals surface area contributed by atoms with Crippen LogP contribution >= 0.6 is 11.8 Å². The zero-order valence-corrected chi connectivity index (χ0v) is 22.4. The van der Waals surface area contributed by atoms with E-state index in [1.54, 1.807) is 12.2 Å². The van der Waals surface area contributed by atoms with Crippen molar-refractivity contribution in [3.63, 3.8) is 0 Å². The molecule has 2 rings (SSSR count). The molecule has 38 heavy (non-hydrogen) atoms. The molecule has 2 radical (unpaired) electrons. The molecule has 0 amide bonds. The second-order valence-electron chi connectivity index (χ2n) is 5.02. The predicted molar refractivity (Wildman–Crippen MR) is 114 cm³/mol. The quantitative estimate of drug-likeness (QED) is 0.123. The molecule has 0 N–H and O–H groups in total. The summed E-state index contributed by atoms with van der Waals surface area (Å²) in [5, 5.41) is 2.99. The predicted octanol–water partition coefficient (Wildman–Crippen LogP) is 2.33. The molecule has 0 saturated carbocycles. The van der Waals surface area contributed by atoms with E-state index in [4.69, 9.17) is 42.1 Å². The number of benzene rings is 1. The summed E-state index contributed by atoms with van der Waals surface area (Å²) in [7, 11) is 0. The Bertz CT molecular complexity index is 881. The van der Waals surface area contributed by atoms with Gasteiger partial charge in [-0.2, -0.15) is 0 Å². The van der Waals surface area contributed by atoms with Gasteiger partial charge in [0, 0.05) is 52.3 Å². The third kappa shape index (κ3) is 31.3. The van der Waals surface area contributed by atoms with Crippen molar-refractivity contribution in [3.05, 3.63) is 82.4 Å². The van der Waals surface area contributed by atoms with Crippen LogP contribution in [0.25, 0.3) is 0 Å². The number of esters is 2. The van der Waals surface area contributed by atoms with Crippen LogP contribution in [0.4, 0.5) is 0 Å². The number of ether oxygens (including phenoxy) is 3. The fraction of sp³-hybridized carbons (Fsp3) is 0.250. The molecule has 0 bridgehead atoms. The second kappa shape index (κ2) is 44.2. The van der Waals surface area contributed by atoms with Gasteiger partial charge in [0.2, 0.25) is 0 Å². The van der Waals surface area contributed by atoms with Crippen molar-refractivity contribution < 1.29 is 85.3 Å². The average Bonchev–Trinajstić information content (AvgIpc) is 2.95. The van der Waals surface area contributed by atoms with Crippen molar-refractivity contribution in [2.24, 2.45) is 0 Å². The molecule has 0 fully saturated rings. The molecular weight excluding hydrogens is 614 g/mol. The molecule has 0 saturated heterocycles. The molecule has 0 aromatic heterocycles. The van der Waals surface area contributed by atoms with Gasteiger partial charge in [0.1, 0.15) is 24.9 Å². The van der Waals surface area contributed by atoms with Crippen molar-refractivity contribution >= 4 is 23.7 Å². The van der Waals surface area contributed by atoms with Crippen molar-refractivity contribution in [2.45, 2.75) is 37.1 Å². The summed E-state index contributed by atoms with van der Waals surface area (Å²) in [6.45, 7) is 29.6. The number of hydrogen-bond acceptors (Lipinski definition) is 6. The molecule has 204 valence electrons. The molecule has 3 atom stereocenters. The standard InChI is InChI=1S/C18H18O5S.6CO.2Co/c1-13(19)21-12-18-17(22-14(2)20)9-8-15(23-18)10-11-24-16-6-4-3-5-7-16;6*1-2;;/h3-9,15,17-18H,12H2,1-2H3;;;;;;;;/t15-,17-,18+;;;;;;;;/m0......../s1. The largest absolute Gasteiger partial charge is 0 e. The first-order valence-corrected chi connectivity index (χ1v) is 9.45. The summed E-state index contributed by atoms with van der Waals surface area (Å²) in [6, 6.07) is 9.77. The Hall–Kier alpha value is -2.78. The van der Waals surface area contributed by atoms with E-state index in [9.17, 15) is 9.59 Å². The fourth-order valence-corrected chi connectivity index (χ4v) is 2.59. The van der Waals surface area contributed by atoms with Gasteiger partial charge in [-0.05, 0) is 41.3 Å². The maximum Gasteiger partial charge on any atom is 0 e. The van der Waals surface area contributed by atoms with Gasteiger partial charge < -0.3 is 14.2 Å². The Morgan fingerprint density at radius 3 is 1.74 bits per heavy atom. The minimum absolute atomic E-state index is 0. The summed E-state index contributed by atoms with van der Waals surface area (Å²) in [6.07, 6.45) is 1.82. The normalized spacial score (nSPS) is 14.3. The van der Waals surface area contributed by atoms with Gasteiger partial charge in [0.05, 0.1) is 0 Å². The van der Waals surface area contributed by atoms with Gasteiger partial charge in [-0.1, -0.05) is 24.1 Å². The van der Waals surface area contributed by atoms with Crippen LogP contribution in [-0.4, -0.2) is 36.9 Å². The Balaban J connectivity index is -0.000000121. The Labute approximate surface area is 245 Å². The number of hydrogen-bond donors (Lipinski definition) is 0. The zero-order chi connectivity index (χ0) is 29.4. The van der Waals surface area contributed by atoms with Gasteiger partial charge in [-0.15, -0.1) is 0 Å². The number of thioether (sulfide) groups is 1. The van der Waals surface area contributed by atoms with E-state index >= 15 is 0 Å². The Morgan fingerprint density at radius 1 is 0.842 bits per heavy atom. The van der Waals surface area contributed by atoms with E-state index in [2.05, 4.69) is 51.1 Å². The maximum atomic E-state index is 11.2. The van der Waals surface area contributed by atoms with Crippen molar-refractivity contribution in [1.29, 1.82) is 0 Å². The molecule has 0 aliphatic carbocycles. The van der Waals surface area contributed by atoms with E-state index in [-0.39, 0.29) is 40.2 Å². The van der Waals surface area contributed by atoms with Crippen LogP contribution < -0.4 is 0 Å². The van der Waals surface area contributed by atoms with Crippen molar-refractivity contribution in [2.75, 3.05) is 6.61 Å². The van der Waals surface area contributed by atoms with Gasteiger partial charge in [-0.3, -0.25) is 9.59 Å². The van der Waals surface area contributed by atoms with Gasteiger partial charge in [0.15, 0.2) is 0 Å². The van der Waals surface area contributed by atoms with Crippen LogP contribution in [0.2, 0.25) is 0 Å². The van der Waals surface area contributed by atoms with E-state index in [0.29, 0.717) is 0 Å². The molecule has 14 heteroatoms. The minimum atomic E-state index is -0.596. The average molecular weight is 632 g/mol. The van der Waals surface area contributed by atoms with Crippen LogP contribution in [0.15, 0.2) is 47.4 Å². The van der Waals surface area contributed by atoms with Gasteiger partial charge in [-0.25, -0.2) is 0 Å². The molecule has 1 aliphatic heterocycles. The number of rotatable bonds is 4. The van der Waals surface area contributed by atoms with Crippen molar-refractivity contribution in [3.8, 4) is 11.2 Å². The Kier molecular flexibility index (Phi) is 60.3. The number of carbonyl (C=O) groups excluding carboxylic acids is 2. The van der Waals surface area contributed by atoms with Crippen LogP contribution in [0.1, 0.15) is 13.8 Å². The van der Waals surface area contributed by atoms with E-state index < -0.39 is 30.3 Å². The van der Waals surface area contributed by atoms with E-state index in [0.717, 1.165) is 4.90 Å². The summed E-state index contributed by atoms with van der Waals surface area (Å²) >= 11 is 1.40. The summed E-state index contributed by atoms with van der Waals surface area (Å²) in [5.74, 6) is 2.14. The van der Waals surface area contributed by atoms with Crippen LogP contribution in [0.3, 0.4) is 0 Å². The molecule has 11 nitrogen and oxygen atoms in total. The molecule has 1 aromatic rings. The fourth-order valence-electron chi connectivity index (χ4n) is 2.00. The summed E-state index contributed by atoms with van der Waals surface area (Å²) in [5.41, 5.74) is 0. The molecule has 1 heterocycles. The molecule has 1 aromatic carbocycles. The second-order valence-corrected chi connectivity index (χ2v) is 5.90. The van der Waals surface area contributed by atoms with E-state index in [1.165, 1.54) is 25.6 Å². The van der Waals surface area contributed by atoms with Gasteiger partial charge >= 0.3 is 79.8 Å². The summed E-state index contributed by atoms with van der Waals surface area (Å²) in [4.78, 5) is 23.2. The van der Waals surface area contributed by atoms with Crippen molar-refractivity contribution in [1.82, 2.24) is 0 Å². The van der Waals surface area contributed by atoms with Crippen LogP contribution in [-0.2, 0) is 85.3 Å². The van der Waals surface area contributed by atoms with Crippen LogP contribution in [0.5, 0.6) is 0 Å². The molecule has 0 unspecified atom stereocenters. The maximum absolute atomic E-state index is 11.2. The first-order chi connectivity index (χ1) is 17.5. The topological polar surface area (TPSA) is 181 Å². The SMILES string of the molecule is CC(=O)OC[C@H]1O[C@H](C#CSc2ccccc2)C=C[C@@H]1OC(C)=O.[C-]#[O+].[C-]#[O+].[C-]#[O+].[C-]#[O+].[C-]#[O+].[C-]#[O+].[Co].[Co]. The third-order valence-electron chi connectivity index (χ3n) is 3.03. The first-order valence-electron chi connectivity index (χ1n) is 8.64. The third-order valence-corrected chi connectivity index (χ3v) is 3.76.